The number of carbonyl (C=O) groups excluding carboxylic acids is 1. The van der Waals surface area contributed by atoms with Crippen LogP contribution in [0.5, 0.6) is 0 Å². The molecule has 0 bridgehead atoms. The van der Waals surface area contributed by atoms with Crippen LogP contribution in [0.3, 0.4) is 0 Å². The number of rotatable bonds is 6. The van der Waals surface area contributed by atoms with Crippen LogP contribution in [0.25, 0.3) is 0 Å². The SMILES string of the molecule is CCCCn1nnc(CC(N)=O)c1C(F)F. The molecular weight excluding hydrogens is 218 g/mol. The van der Waals surface area contributed by atoms with E-state index < -0.39 is 12.3 Å². The van der Waals surface area contributed by atoms with Gasteiger partial charge in [0, 0.05) is 6.54 Å². The van der Waals surface area contributed by atoms with E-state index in [0.717, 1.165) is 17.5 Å². The normalized spacial score (nSPS) is 11.0. The van der Waals surface area contributed by atoms with Crippen LogP contribution < -0.4 is 5.73 Å². The van der Waals surface area contributed by atoms with Crippen LogP contribution in [-0.2, 0) is 17.8 Å². The molecule has 7 heteroatoms. The lowest BCUT2D eigenvalue weighted by atomic mass is 10.2. The third kappa shape index (κ3) is 2.98. The Hall–Kier alpha value is -1.53. The van der Waals surface area contributed by atoms with Crippen molar-refractivity contribution in [1.82, 2.24) is 15.0 Å². The minimum Gasteiger partial charge on any atom is -0.369 e. The second-order valence-electron chi connectivity index (χ2n) is 3.44. The maximum absolute atomic E-state index is 12.7. The van der Waals surface area contributed by atoms with E-state index in [4.69, 9.17) is 5.73 Å². The molecule has 0 spiro atoms. The number of unbranched alkanes of at least 4 members (excludes halogenated alkanes) is 1. The predicted octanol–water partition coefficient (Wildman–Crippen LogP) is 1.04. The Morgan fingerprint density at radius 3 is 2.75 bits per heavy atom. The van der Waals surface area contributed by atoms with Crippen LogP contribution in [0.4, 0.5) is 8.78 Å². The summed E-state index contributed by atoms with van der Waals surface area (Å²) in [5.74, 6) is -0.690. The van der Waals surface area contributed by atoms with E-state index in [9.17, 15) is 13.6 Å². The topological polar surface area (TPSA) is 73.8 Å². The first-order chi connectivity index (χ1) is 7.56. The van der Waals surface area contributed by atoms with Crippen LogP contribution in [0.2, 0.25) is 0 Å². The van der Waals surface area contributed by atoms with Crippen LogP contribution in [0.15, 0.2) is 0 Å². The van der Waals surface area contributed by atoms with Gasteiger partial charge in [-0.2, -0.15) is 0 Å². The quantitative estimate of drug-likeness (QED) is 0.796. The van der Waals surface area contributed by atoms with Crippen molar-refractivity contribution in [1.29, 1.82) is 0 Å². The largest absolute Gasteiger partial charge is 0.369 e. The van der Waals surface area contributed by atoms with Crippen LogP contribution in [0, 0.1) is 0 Å². The zero-order valence-electron chi connectivity index (χ0n) is 8.99. The van der Waals surface area contributed by atoms with Gasteiger partial charge in [0.1, 0.15) is 11.4 Å². The Balaban J connectivity index is 2.92. The van der Waals surface area contributed by atoms with Gasteiger partial charge < -0.3 is 5.73 Å². The van der Waals surface area contributed by atoms with E-state index in [1.54, 1.807) is 0 Å². The Kier molecular flexibility index (Phi) is 4.33. The number of halogens is 2. The number of aromatic nitrogens is 3. The molecule has 90 valence electrons. The summed E-state index contributed by atoms with van der Waals surface area (Å²) in [5, 5.41) is 7.17. The average Bonchev–Trinajstić information content (AvgIpc) is 2.56. The van der Waals surface area contributed by atoms with E-state index in [1.165, 1.54) is 0 Å². The maximum atomic E-state index is 12.7. The molecule has 0 aliphatic carbocycles. The Morgan fingerprint density at radius 1 is 1.56 bits per heavy atom. The number of hydrogen-bond acceptors (Lipinski definition) is 3. The van der Waals surface area contributed by atoms with Gasteiger partial charge in [0.15, 0.2) is 0 Å². The van der Waals surface area contributed by atoms with Gasteiger partial charge in [0.05, 0.1) is 6.42 Å². The van der Waals surface area contributed by atoms with Gasteiger partial charge in [-0.25, -0.2) is 13.5 Å². The van der Waals surface area contributed by atoms with Gasteiger partial charge in [-0.1, -0.05) is 18.6 Å². The lowest BCUT2D eigenvalue weighted by Crippen LogP contribution is -2.16. The molecule has 0 aliphatic rings. The molecule has 0 atom stereocenters. The predicted molar refractivity (Wildman–Crippen MR) is 52.8 cm³/mol. The van der Waals surface area contributed by atoms with Gasteiger partial charge in [-0.3, -0.25) is 4.79 Å². The van der Waals surface area contributed by atoms with Crippen molar-refractivity contribution >= 4 is 5.91 Å². The molecule has 1 amide bonds. The smallest absolute Gasteiger partial charge is 0.281 e. The fourth-order valence-corrected chi connectivity index (χ4v) is 1.36. The second-order valence-corrected chi connectivity index (χ2v) is 3.44. The lowest BCUT2D eigenvalue weighted by Gasteiger charge is -2.05. The highest BCUT2D eigenvalue weighted by Crippen LogP contribution is 2.22. The van der Waals surface area contributed by atoms with Crippen molar-refractivity contribution < 1.29 is 13.6 Å². The molecule has 0 unspecified atom stereocenters. The summed E-state index contributed by atoms with van der Waals surface area (Å²) in [5.41, 5.74) is 4.61. The summed E-state index contributed by atoms with van der Waals surface area (Å²) in [6.45, 7) is 2.32. The number of nitrogens with zero attached hydrogens (tertiary/aromatic N) is 3. The highest BCUT2D eigenvalue weighted by atomic mass is 19.3. The number of aryl methyl sites for hydroxylation is 1. The molecule has 0 aromatic carbocycles. The lowest BCUT2D eigenvalue weighted by molar-refractivity contribution is -0.117. The van der Waals surface area contributed by atoms with Crippen LogP contribution in [0.1, 0.15) is 37.6 Å². The van der Waals surface area contributed by atoms with Gasteiger partial charge in [0.2, 0.25) is 5.91 Å². The third-order valence-corrected chi connectivity index (χ3v) is 2.12. The molecule has 1 rings (SSSR count). The minimum atomic E-state index is -2.69. The van der Waals surface area contributed by atoms with Crippen molar-refractivity contribution in [3.8, 4) is 0 Å². The van der Waals surface area contributed by atoms with E-state index in [-0.39, 0.29) is 17.8 Å². The molecule has 0 saturated heterocycles. The molecule has 1 heterocycles. The highest BCUT2D eigenvalue weighted by Gasteiger charge is 2.22. The molecule has 0 aliphatic heterocycles. The van der Waals surface area contributed by atoms with Gasteiger partial charge in [-0.15, -0.1) is 5.10 Å². The molecule has 5 nitrogen and oxygen atoms in total. The first kappa shape index (κ1) is 12.5. The number of hydrogen-bond donors (Lipinski definition) is 1. The summed E-state index contributed by atoms with van der Waals surface area (Å²) in [6, 6.07) is 0. The molecule has 1 aromatic heterocycles. The van der Waals surface area contributed by atoms with E-state index in [2.05, 4.69) is 10.3 Å². The molecule has 0 radical (unpaired) electrons. The molecular formula is C9H14F2N4O. The zero-order chi connectivity index (χ0) is 12.1. The monoisotopic (exact) mass is 232 g/mol. The molecule has 2 N–H and O–H groups in total. The Bertz CT molecular complexity index is 364. The van der Waals surface area contributed by atoms with Crippen molar-refractivity contribution in [2.24, 2.45) is 5.73 Å². The fraction of sp³-hybridized carbons (Fsp3) is 0.667. The summed E-state index contributed by atoms with van der Waals surface area (Å²) in [4.78, 5) is 10.7. The number of alkyl halides is 2. The summed E-state index contributed by atoms with van der Waals surface area (Å²) in [7, 11) is 0. The van der Waals surface area contributed by atoms with E-state index in [0.29, 0.717) is 6.54 Å². The average molecular weight is 232 g/mol. The number of carbonyl (C=O) groups is 1. The van der Waals surface area contributed by atoms with Crippen molar-refractivity contribution in [2.45, 2.75) is 39.2 Å². The molecule has 16 heavy (non-hydrogen) atoms. The zero-order valence-corrected chi connectivity index (χ0v) is 8.99. The first-order valence-electron chi connectivity index (χ1n) is 5.05. The summed E-state index contributed by atoms with van der Waals surface area (Å²) >= 11 is 0. The minimum absolute atomic E-state index is 0.0291. The molecule has 0 fully saturated rings. The third-order valence-electron chi connectivity index (χ3n) is 2.12. The summed E-state index contributed by atoms with van der Waals surface area (Å²) in [6.07, 6.45) is -1.39. The van der Waals surface area contributed by atoms with Gasteiger partial charge in [-0.05, 0) is 6.42 Å². The summed E-state index contributed by atoms with van der Waals surface area (Å²) < 4.78 is 26.6. The standard InChI is InChI=1S/C9H14F2N4O/c1-2-3-4-15-8(9(10)11)6(13-14-15)5-7(12)16/h9H,2-5H2,1H3,(H2,12,16). The number of primary amides is 1. The Morgan fingerprint density at radius 2 is 2.25 bits per heavy atom. The highest BCUT2D eigenvalue weighted by molar-refractivity contribution is 5.76. The van der Waals surface area contributed by atoms with Crippen molar-refractivity contribution in [3.63, 3.8) is 0 Å². The van der Waals surface area contributed by atoms with Crippen LogP contribution >= 0.6 is 0 Å². The van der Waals surface area contributed by atoms with Gasteiger partial charge >= 0.3 is 0 Å². The fourth-order valence-electron chi connectivity index (χ4n) is 1.36. The number of amides is 1. The van der Waals surface area contributed by atoms with Crippen molar-refractivity contribution in [3.05, 3.63) is 11.4 Å². The number of nitrogens with two attached hydrogens (primary N) is 1. The maximum Gasteiger partial charge on any atom is 0.281 e. The van der Waals surface area contributed by atoms with Gasteiger partial charge in [0.25, 0.3) is 6.43 Å². The van der Waals surface area contributed by atoms with E-state index >= 15 is 0 Å². The second kappa shape index (κ2) is 5.53. The van der Waals surface area contributed by atoms with Crippen LogP contribution in [-0.4, -0.2) is 20.9 Å². The van der Waals surface area contributed by atoms with Crippen molar-refractivity contribution in [2.75, 3.05) is 0 Å². The Labute approximate surface area is 91.6 Å². The van der Waals surface area contributed by atoms with E-state index in [1.807, 2.05) is 6.92 Å². The molecule has 0 saturated carbocycles. The molecule has 1 aromatic rings. The first-order valence-corrected chi connectivity index (χ1v) is 5.05.